The van der Waals surface area contributed by atoms with Crippen molar-refractivity contribution in [1.82, 2.24) is 9.97 Å². The van der Waals surface area contributed by atoms with E-state index in [2.05, 4.69) is 42.1 Å². The van der Waals surface area contributed by atoms with Gasteiger partial charge in [-0.2, -0.15) is 0 Å². The molecule has 0 aliphatic rings. The first kappa shape index (κ1) is 15.5. The van der Waals surface area contributed by atoms with E-state index in [9.17, 15) is 0 Å². The van der Waals surface area contributed by atoms with Gasteiger partial charge >= 0.3 is 0 Å². The normalized spacial score (nSPS) is 11.4. The van der Waals surface area contributed by atoms with E-state index in [-0.39, 0.29) is 0 Å². The summed E-state index contributed by atoms with van der Waals surface area (Å²) in [6.07, 6.45) is 2.38. The topological polar surface area (TPSA) is 47.0 Å². The highest BCUT2D eigenvalue weighted by Gasteiger charge is 2.09. The number of fused-ring (bicyclic) bond motifs is 1. The number of aryl methyl sites for hydroxylation is 1. The minimum atomic E-state index is 0.296. The van der Waals surface area contributed by atoms with Gasteiger partial charge in [-0.15, -0.1) is 11.3 Å². The van der Waals surface area contributed by atoms with E-state index in [1.165, 1.54) is 4.88 Å². The molecule has 0 bridgehead atoms. The predicted octanol–water partition coefficient (Wildman–Crippen LogP) is 4.27. The van der Waals surface area contributed by atoms with Gasteiger partial charge in [0.25, 0.3) is 0 Å². The minimum Gasteiger partial charge on any atom is -0.379 e. The third-order valence-corrected chi connectivity index (χ3v) is 3.92. The lowest BCUT2D eigenvalue weighted by molar-refractivity contribution is 0.0765. The molecule has 0 saturated heterocycles. The van der Waals surface area contributed by atoms with E-state index in [0.717, 1.165) is 42.0 Å². The Hall–Kier alpha value is -0.910. The quantitative estimate of drug-likeness (QED) is 0.612. The van der Waals surface area contributed by atoms with Crippen molar-refractivity contribution in [3.05, 3.63) is 16.2 Å². The van der Waals surface area contributed by atoms with Gasteiger partial charge in [0, 0.05) is 18.0 Å². The smallest absolute Gasteiger partial charge is 0.225 e. The Balaban J connectivity index is 1.89. The van der Waals surface area contributed by atoms with Crippen molar-refractivity contribution in [3.63, 3.8) is 0 Å². The Bertz CT molecular complexity index is 571. The van der Waals surface area contributed by atoms with E-state index in [4.69, 9.17) is 16.3 Å². The number of hydrogen-bond acceptors (Lipinski definition) is 5. The van der Waals surface area contributed by atoms with Crippen LogP contribution < -0.4 is 5.32 Å². The van der Waals surface area contributed by atoms with Crippen LogP contribution in [0.3, 0.4) is 0 Å². The first-order valence-electron chi connectivity index (χ1n) is 6.85. The SMILES string of the molecule is Cc1cc2c(NCCCCOC(C)C)nc(Cl)nc2s1. The van der Waals surface area contributed by atoms with Gasteiger partial charge in [0.2, 0.25) is 5.28 Å². The lowest BCUT2D eigenvalue weighted by Crippen LogP contribution is -2.08. The van der Waals surface area contributed by atoms with Crippen LogP contribution in [0.4, 0.5) is 5.82 Å². The van der Waals surface area contributed by atoms with E-state index < -0.39 is 0 Å². The van der Waals surface area contributed by atoms with Gasteiger partial charge < -0.3 is 10.1 Å². The number of unbranched alkanes of at least 4 members (excludes halogenated alkanes) is 1. The molecule has 0 spiro atoms. The van der Waals surface area contributed by atoms with Crippen molar-refractivity contribution in [1.29, 1.82) is 0 Å². The average Bonchev–Trinajstić information content (AvgIpc) is 2.73. The number of nitrogens with zero attached hydrogens (tertiary/aromatic N) is 2. The van der Waals surface area contributed by atoms with E-state index in [1.54, 1.807) is 11.3 Å². The highest BCUT2D eigenvalue weighted by atomic mass is 35.5. The van der Waals surface area contributed by atoms with E-state index in [0.29, 0.717) is 11.4 Å². The van der Waals surface area contributed by atoms with E-state index in [1.807, 2.05) is 0 Å². The van der Waals surface area contributed by atoms with Gasteiger partial charge in [0.05, 0.1) is 11.5 Å². The molecule has 2 heterocycles. The third-order valence-electron chi connectivity index (χ3n) is 2.80. The van der Waals surface area contributed by atoms with Crippen LogP contribution in [0, 0.1) is 6.92 Å². The minimum absolute atomic E-state index is 0.296. The fourth-order valence-corrected chi connectivity index (χ4v) is 3.00. The Morgan fingerprint density at radius 2 is 2.15 bits per heavy atom. The summed E-state index contributed by atoms with van der Waals surface area (Å²) >= 11 is 7.59. The lowest BCUT2D eigenvalue weighted by Gasteiger charge is -2.09. The van der Waals surface area contributed by atoms with Crippen molar-refractivity contribution >= 4 is 39.0 Å². The summed E-state index contributed by atoms with van der Waals surface area (Å²) in [5.41, 5.74) is 0. The van der Waals surface area contributed by atoms with Gasteiger partial charge in [-0.3, -0.25) is 0 Å². The second-order valence-corrected chi connectivity index (χ2v) is 6.54. The zero-order chi connectivity index (χ0) is 14.5. The molecule has 20 heavy (non-hydrogen) atoms. The highest BCUT2D eigenvalue weighted by molar-refractivity contribution is 7.18. The number of hydrogen-bond donors (Lipinski definition) is 1. The molecule has 0 fully saturated rings. The predicted molar refractivity (Wildman–Crippen MR) is 86.0 cm³/mol. The molecule has 0 atom stereocenters. The molecule has 1 N–H and O–H groups in total. The molecule has 0 radical (unpaired) electrons. The Morgan fingerprint density at radius 1 is 1.35 bits per heavy atom. The van der Waals surface area contributed by atoms with E-state index >= 15 is 0 Å². The number of rotatable bonds is 7. The number of thiophene rings is 1. The van der Waals surface area contributed by atoms with Crippen molar-refractivity contribution in [3.8, 4) is 0 Å². The highest BCUT2D eigenvalue weighted by Crippen LogP contribution is 2.29. The maximum atomic E-state index is 5.95. The summed E-state index contributed by atoms with van der Waals surface area (Å²) in [7, 11) is 0. The van der Waals surface area contributed by atoms with Gasteiger partial charge in [-0.1, -0.05) is 0 Å². The molecule has 0 unspecified atom stereocenters. The molecule has 0 aliphatic heterocycles. The fourth-order valence-electron chi connectivity index (χ4n) is 1.90. The Morgan fingerprint density at radius 3 is 2.90 bits per heavy atom. The molecule has 0 aliphatic carbocycles. The van der Waals surface area contributed by atoms with Gasteiger partial charge in [-0.25, -0.2) is 9.97 Å². The maximum absolute atomic E-state index is 5.95. The van der Waals surface area contributed by atoms with Crippen molar-refractivity contribution < 1.29 is 4.74 Å². The first-order valence-corrected chi connectivity index (χ1v) is 8.05. The molecule has 0 amide bonds. The summed E-state index contributed by atoms with van der Waals surface area (Å²) in [5.74, 6) is 0.828. The fraction of sp³-hybridized carbons (Fsp3) is 0.571. The van der Waals surface area contributed by atoms with Crippen LogP contribution in [-0.4, -0.2) is 29.2 Å². The molecule has 110 valence electrons. The molecule has 0 saturated carbocycles. The van der Waals surface area contributed by atoms with Crippen LogP contribution in [0.5, 0.6) is 0 Å². The number of ether oxygens (including phenoxy) is 1. The molecule has 2 aromatic heterocycles. The average molecular weight is 314 g/mol. The monoisotopic (exact) mass is 313 g/mol. The number of nitrogens with one attached hydrogen (secondary N) is 1. The lowest BCUT2D eigenvalue weighted by atomic mass is 10.3. The Labute approximate surface area is 128 Å². The second kappa shape index (κ2) is 7.20. The Kier molecular flexibility index (Phi) is 5.57. The van der Waals surface area contributed by atoms with Crippen LogP contribution in [-0.2, 0) is 4.74 Å². The number of aromatic nitrogens is 2. The summed E-state index contributed by atoms with van der Waals surface area (Å²) in [5, 5.41) is 4.69. The molecule has 0 aromatic carbocycles. The maximum Gasteiger partial charge on any atom is 0.225 e. The van der Waals surface area contributed by atoms with Crippen molar-refractivity contribution in [2.45, 2.75) is 39.7 Å². The number of halogens is 1. The standard InChI is InChI=1S/C14H20ClN3OS/c1-9(2)19-7-5-4-6-16-12-11-8-10(3)20-13(11)18-14(15)17-12/h8-9H,4-7H2,1-3H3,(H,16,17,18). The van der Waals surface area contributed by atoms with Crippen molar-refractivity contribution in [2.24, 2.45) is 0 Å². The van der Waals surface area contributed by atoms with Gasteiger partial charge in [0.15, 0.2) is 0 Å². The summed E-state index contributed by atoms with van der Waals surface area (Å²) < 4.78 is 5.51. The van der Waals surface area contributed by atoms with Crippen LogP contribution >= 0.6 is 22.9 Å². The zero-order valence-electron chi connectivity index (χ0n) is 12.1. The first-order chi connectivity index (χ1) is 9.56. The summed E-state index contributed by atoms with van der Waals surface area (Å²) in [4.78, 5) is 10.7. The van der Waals surface area contributed by atoms with Crippen LogP contribution in [0.1, 0.15) is 31.6 Å². The summed E-state index contributed by atoms with van der Waals surface area (Å²) in [6, 6.07) is 2.10. The summed E-state index contributed by atoms with van der Waals surface area (Å²) in [6.45, 7) is 7.83. The zero-order valence-corrected chi connectivity index (χ0v) is 13.6. The number of anilines is 1. The molecular formula is C14H20ClN3OS. The molecule has 4 nitrogen and oxygen atoms in total. The molecule has 6 heteroatoms. The van der Waals surface area contributed by atoms with Crippen LogP contribution in [0.15, 0.2) is 6.07 Å². The molecule has 2 rings (SSSR count). The molecule has 2 aromatic rings. The van der Waals surface area contributed by atoms with Gasteiger partial charge in [0.1, 0.15) is 10.6 Å². The van der Waals surface area contributed by atoms with Crippen molar-refractivity contribution in [2.75, 3.05) is 18.5 Å². The second-order valence-electron chi connectivity index (χ2n) is 4.97. The van der Waals surface area contributed by atoms with Gasteiger partial charge in [-0.05, 0) is 51.3 Å². The van der Waals surface area contributed by atoms with Crippen LogP contribution in [0.25, 0.3) is 10.2 Å². The largest absolute Gasteiger partial charge is 0.379 e. The third kappa shape index (κ3) is 4.30. The molecular weight excluding hydrogens is 294 g/mol. The van der Waals surface area contributed by atoms with Crippen LogP contribution in [0.2, 0.25) is 5.28 Å².